The average Bonchev–Trinajstić information content (AvgIpc) is 2.48. The van der Waals surface area contributed by atoms with Crippen molar-refractivity contribution in [3.8, 4) is 0 Å². The second-order valence-electron chi connectivity index (χ2n) is 8.33. The molecule has 1 saturated carbocycles. The Balaban J connectivity index is 1.65. The number of rotatable bonds is 3. The van der Waals surface area contributed by atoms with Gasteiger partial charge in [0.05, 0.1) is 0 Å². The van der Waals surface area contributed by atoms with E-state index in [-0.39, 0.29) is 0 Å². The quantitative estimate of drug-likeness (QED) is 0.868. The predicted octanol–water partition coefficient (Wildman–Crippen LogP) is 2.70. The molecule has 0 spiro atoms. The maximum atomic E-state index is 6.26. The van der Waals surface area contributed by atoms with Crippen LogP contribution in [0.25, 0.3) is 0 Å². The molecular formula is C18H35N3. The number of nitrogens with two attached hydrogens (primary N) is 1. The van der Waals surface area contributed by atoms with Crippen LogP contribution in [-0.4, -0.2) is 54.6 Å². The molecule has 2 saturated heterocycles. The van der Waals surface area contributed by atoms with E-state index in [9.17, 15) is 0 Å². The van der Waals surface area contributed by atoms with E-state index in [0.29, 0.717) is 11.5 Å². The third kappa shape index (κ3) is 3.46. The molecule has 0 radical (unpaired) electrons. The Morgan fingerprint density at radius 2 is 1.95 bits per heavy atom. The van der Waals surface area contributed by atoms with Crippen LogP contribution in [0, 0.1) is 11.3 Å². The van der Waals surface area contributed by atoms with Crippen molar-refractivity contribution < 1.29 is 0 Å². The fourth-order valence-electron chi connectivity index (χ4n) is 5.23. The van der Waals surface area contributed by atoms with E-state index >= 15 is 0 Å². The molecule has 4 atom stereocenters. The molecule has 0 aromatic heterocycles. The standard InChI is InChI=1S/C18H35N3/c1-15-6-5-8-18(10-15,13-19)14-21-12-17-7-3-4-9-20(17)11-16(21)2/h15-17H,3-14,19H2,1-2H3. The summed E-state index contributed by atoms with van der Waals surface area (Å²) in [4.78, 5) is 5.54. The SMILES string of the molecule is CC1CCCC(CN)(CN2CC3CCCCN3CC2C)C1. The minimum absolute atomic E-state index is 0.406. The van der Waals surface area contributed by atoms with E-state index < -0.39 is 0 Å². The molecule has 0 aromatic carbocycles. The smallest absolute Gasteiger partial charge is 0.0223 e. The van der Waals surface area contributed by atoms with Crippen LogP contribution in [0.2, 0.25) is 0 Å². The van der Waals surface area contributed by atoms with Crippen molar-refractivity contribution >= 4 is 0 Å². The average molecular weight is 293 g/mol. The molecule has 3 heteroatoms. The molecule has 122 valence electrons. The largest absolute Gasteiger partial charge is 0.330 e. The molecular weight excluding hydrogens is 258 g/mol. The highest BCUT2D eigenvalue weighted by molar-refractivity contribution is 4.95. The Kier molecular flexibility index (Phi) is 4.92. The van der Waals surface area contributed by atoms with Gasteiger partial charge in [-0.3, -0.25) is 9.80 Å². The summed E-state index contributed by atoms with van der Waals surface area (Å²) < 4.78 is 0. The first kappa shape index (κ1) is 15.8. The highest BCUT2D eigenvalue weighted by Crippen LogP contribution is 2.40. The number of hydrogen-bond acceptors (Lipinski definition) is 3. The lowest BCUT2D eigenvalue weighted by Crippen LogP contribution is -2.61. The lowest BCUT2D eigenvalue weighted by atomic mass is 9.69. The molecule has 2 aliphatic heterocycles. The van der Waals surface area contributed by atoms with Gasteiger partial charge in [-0.1, -0.05) is 26.2 Å². The van der Waals surface area contributed by atoms with Crippen molar-refractivity contribution in [3.05, 3.63) is 0 Å². The summed E-state index contributed by atoms with van der Waals surface area (Å²) in [7, 11) is 0. The summed E-state index contributed by atoms with van der Waals surface area (Å²) >= 11 is 0. The van der Waals surface area contributed by atoms with Gasteiger partial charge in [0.1, 0.15) is 0 Å². The van der Waals surface area contributed by atoms with E-state index in [1.54, 1.807) is 0 Å². The van der Waals surface area contributed by atoms with Gasteiger partial charge < -0.3 is 5.73 Å². The maximum absolute atomic E-state index is 6.26. The van der Waals surface area contributed by atoms with Crippen molar-refractivity contribution in [2.24, 2.45) is 17.1 Å². The Hall–Kier alpha value is -0.120. The minimum atomic E-state index is 0.406. The van der Waals surface area contributed by atoms with Crippen LogP contribution in [0.1, 0.15) is 58.8 Å². The summed E-state index contributed by atoms with van der Waals surface area (Å²) in [5.74, 6) is 0.869. The Labute approximate surface area is 131 Å². The van der Waals surface area contributed by atoms with Crippen LogP contribution in [0.4, 0.5) is 0 Å². The molecule has 3 rings (SSSR count). The molecule has 2 N–H and O–H groups in total. The molecule has 3 fully saturated rings. The molecule has 0 aromatic rings. The first-order valence-electron chi connectivity index (χ1n) is 9.30. The third-order valence-corrected chi connectivity index (χ3v) is 6.47. The van der Waals surface area contributed by atoms with Crippen LogP contribution >= 0.6 is 0 Å². The van der Waals surface area contributed by atoms with Crippen LogP contribution < -0.4 is 5.73 Å². The highest BCUT2D eigenvalue weighted by atomic mass is 15.3. The normalized spacial score (nSPS) is 42.7. The van der Waals surface area contributed by atoms with Crippen molar-refractivity contribution in [1.29, 1.82) is 0 Å². The van der Waals surface area contributed by atoms with E-state index in [4.69, 9.17) is 5.73 Å². The van der Waals surface area contributed by atoms with E-state index in [2.05, 4.69) is 23.6 Å². The van der Waals surface area contributed by atoms with Crippen molar-refractivity contribution in [1.82, 2.24) is 9.80 Å². The molecule has 3 nitrogen and oxygen atoms in total. The molecule has 1 aliphatic carbocycles. The zero-order chi connectivity index (χ0) is 14.9. The van der Waals surface area contributed by atoms with Gasteiger partial charge in [-0.15, -0.1) is 0 Å². The first-order valence-corrected chi connectivity index (χ1v) is 9.30. The topological polar surface area (TPSA) is 32.5 Å². The van der Waals surface area contributed by atoms with E-state index in [0.717, 1.165) is 18.5 Å². The molecule has 21 heavy (non-hydrogen) atoms. The second kappa shape index (κ2) is 6.55. The zero-order valence-corrected chi connectivity index (χ0v) is 14.2. The summed E-state index contributed by atoms with van der Waals surface area (Å²) in [6.07, 6.45) is 9.75. The lowest BCUT2D eigenvalue weighted by Gasteiger charge is -2.51. The molecule has 3 aliphatic rings. The maximum Gasteiger partial charge on any atom is 0.0223 e. The van der Waals surface area contributed by atoms with Gasteiger partial charge in [0.15, 0.2) is 0 Å². The van der Waals surface area contributed by atoms with Crippen LogP contribution in [0.15, 0.2) is 0 Å². The summed E-state index contributed by atoms with van der Waals surface area (Å²) in [6, 6.07) is 1.53. The van der Waals surface area contributed by atoms with Crippen molar-refractivity contribution in [3.63, 3.8) is 0 Å². The second-order valence-corrected chi connectivity index (χ2v) is 8.33. The predicted molar refractivity (Wildman–Crippen MR) is 89.4 cm³/mol. The van der Waals surface area contributed by atoms with Crippen LogP contribution in [-0.2, 0) is 0 Å². The summed E-state index contributed by atoms with van der Waals surface area (Å²) in [5, 5.41) is 0. The molecule has 2 heterocycles. The summed E-state index contributed by atoms with van der Waals surface area (Å²) in [5.41, 5.74) is 6.66. The number of fused-ring (bicyclic) bond motifs is 1. The number of hydrogen-bond donors (Lipinski definition) is 1. The van der Waals surface area contributed by atoms with Gasteiger partial charge in [-0.05, 0) is 57.0 Å². The Bertz CT molecular complexity index is 345. The van der Waals surface area contributed by atoms with Crippen molar-refractivity contribution in [2.75, 3.05) is 32.7 Å². The summed E-state index contributed by atoms with van der Waals surface area (Å²) in [6.45, 7) is 10.9. The fraction of sp³-hybridized carbons (Fsp3) is 1.00. The van der Waals surface area contributed by atoms with E-state index in [1.165, 1.54) is 71.1 Å². The lowest BCUT2D eigenvalue weighted by molar-refractivity contribution is -0.0171. The fourth-order valence-corrected chi connectivity index (χ4v) is 5.23. The van der Waals surface area contributed by atoms with Gasteiger partial charge in [-0.2, -0.15) is 0 Å². The first-order chi connectivity index (χ1) is 10.1. The molecule has 0 amide bonds. The van der Waals surface area contributed by atoms with Crippen LogP contribution in [0.3, 0.4) is 0 Å². The van der Waals surface area contributed by atoms with Gasteiger partial charge in [0.2, 0.25) is 0 Å². The number of piperidine rings is 1. The van der Waals surface area contributed by atoms with Gasteiger partial charge in [0.25, 0.3) is 0 Å². The third-order valence-electron chi connectivity index (χ3n) is 6.47. The minimum Gasteiger partial charge on any atom is -0.330 e. The Morgan fingerprint density at radius 3 is 2.71 bits per heavy atom. The number of nitrogens with zero attached hydrogens (tertiary/aromatic N) is 2. The van der Waals surface area contributed by atoms with Gasteiger partial charge in [0, 0.05) is 31.7 Å². The van der Waals surface area contributed by atoms with E-state index in [1.807, 2.05) is 0 Å². The van der Waals surface area contributed by atoms with Gasteiger partial charge >= 0.3 is 0 Å². The Morgan fingerprint density at radius 1 is 1.10 bits per heavy atom. The van der Waals surface area contributed by atoms with Crippen molar-refractivity contribution in [2.45, 2.75) is 70.9 Å². The molecule has 4 unspecified atom stereocenters. The zero-order valence-electron chi connectivity index (χ0n) is 14.2. The monoisotopic (exact) mass is 293 g/mol. The number of piperazine rings is 1. The highest BCUT2D eigenvalue weighted by Gasteiger charge is 2.39. The molecule has 0 bridgehead atoms. The van der Waals surface area contributed by atoms with Crippen LogP contribution in [0.5, 0.6) is 0 Å². The van der Waals surface area contributed by atoms with Gasteiger partial charge in [-0.25, -0.2) is 0 Å².